The van der Waals surface area contributed by atoms with E-state index < -0.39 is 0 Å². The number of benzene rings is 1. The number of nitrogens with zero attached hydrogens (tertiary/aromatic N) is 1. The van der Waals surface area contributed by atoms with Crippen LogP contribution in [0.3, 0.4) is 0 Å². The predicted molar refractivity (Wildman–Crippen MR) is 79.8 cm³/mol. The number of carbonyl (C=O) groups excluding carboxylic acids is 1. The topological polar surface area (TPSA) is 20.3 Å². The van der Waals surface area contributed by atoms with E-state index in [1.165, 1.54) is 24.8 Å². The molecule has 0 spiro atoms. The molecule has 0 radical (unpaired) electrons. The summed E-state index contributed by atoms with van der Waals surface area (Å²) < 4.78 is 0. The fourth-order valence-corrected chi connectivity index (χ4v) is 2.63. The van der Waals surface area contributed by atoms with E-state index in [9.17, 15) is 4.79 Å². The third kappa shape index (κ3) is 3.66. The zero-order valence-corrected chi connectivity index (χ0v) is 12.2. The van der Waals surface area contributed by atoms with Crippen molar-refractivity contribution in [2.24, 2.45) is 0 Å². The van der Waals surface area contributed by atoms with Gasteiger partial charge in [0.2, 0.25) is 0 Å². The highest BCUT2D eigenvalue weighted by Crippen LogP contribution is 2.36. The molecule has 0 atom stereocenters. The normalized spacial score (nSPS) is 15.5. The van der Waals surface area contributed by atoms with Gasteiger partial charge in [0.25, 0.3) is 0 Å². The van der Waals surface area contributed by atoms with Crippen LogP contribution in [-0.4, -0.2) is 30.3 Å². The summed E-state index contributed by atoms with van der Waals surface area (Å²) in [6, 6.07) is 8.32. The average molecular weight is 259 g/mol. The Morgan fingerprint density at radius 2 is 1.79 bits per heavy atom. The van der Waals surface area contributed by atoms with Crippen molar-refractivity contribution in [2.45, 2.75) is 45.4 Å². The summed E-state index contributed by atoms with van der Waals surface area (Å²) >= 11 is 0. The highest BCUT2D eigenvalue weighted by atomic mass is 16.1. The van der Waals surface area contributed by atoms with Gasteiger partial charge in [0.1, 0.15) is 0 Å². The molecule has 0 bridgehead atoms. The molecule has 1 aromatic rings. The van der Waals surface area contributed by atoms with Crippen LogP contribution in [0, 0.1) is 0 Å². The van der Waals surface area contributed by atoms with Crippen molar-refractivity contribution in [2.75, 3.05) is 19.6 Å². The average Bonchev–Trinajstić information content (AvgIpc) is 2.38. The van der Waals surface area contributed by atoms with Crippen molar-refractivity contribution in [3.63, 3.8) is 0 Å². The molecule has 0 saturated heterocycles. The SMILES string of the molecule is CCN(CC)CCC(=O)c1ccc(C2CCC2)cc1. The van der Waals surface area contributed by atoms with Crippen LogP contribution in [0.15, 0.2) is 24.3 Å². The van der Waals surface area contributed by atoms with Gasteiger partial charge < -0.3 is 4.90 Å². The van der Waals surface area contributed by atoms with Crippen molar-refractivity contribution in [1.29, 1.82) is 0 Å². The van der Waals surface area contributed by atoms with Gasteiger partial charge in [0.05, 0.1) is 0 Å². The summed E-state index contributed by atoms with van der Waals surface area (Å²) in [5.41, 5.74) is 2.28. The molecule has 0 aromatic heterocycles. The molecule has 1 fully saturated rings. The molecule has 2 nitrogen and oxygen atoms in total. The largest absolute Gasteiger partial charge is 0.303 e. The van der Waals surface area contributed by atoms with Gasteiger partial charge >= 0.3 is 0 Å². The fourth-order valence-electron chi connectivity index (χ4n) is 2.63. The van der Waals surface area contributed by atoms with Gasteiger partial charge in [-0.2, -0.15) is 0 Å². The summed E-state index contributed by atoms with van der Waals surface area (Å²) in [6.45, 7) is 7.19. The van der Waals surface area contributed by atoms with Crippen LogP contribution in [0.5, 0.6) is 0 Å². The first-order valence-electron chi connectivity index (χ1n) is 7.60. The van der Waals surface area contributed by atoms with Gasteiger partial charge in [-0.3, -0.25) is 4.79 Å². The summed E-state index contributed by atoms with van der Waals surface area (Å²) in [4.78, 5) is 14.4. The Labute approximate surface area is 116 Å². The van der Waals surface area contributed by atoms with E-state index in [4.69, 9.17) is 0 Å². The Morgan fingerprint density at radius 3 is 2.26 bits per heavy atom. The Hall–Kier alpha value is -1.15. The lowest BCUT2D eigenvalue weighted by Crippen LogP contribution is -2.25. The van der Waals surface area contributed by atoms with E-state index in [2.05, 4.69) is 30.9 Å². The molecule has 1 aromatic carbocycles. The maximum absolute atomic E-state index is 12.1. The lowest BCUT2D eigenvalue weighted by Gasteiger charge is -2.25. The molecule has 0 amide bonds. The second-order valence-electron chi connectivity index (χ2n) is 5.45. The quantitative estimate of drug-likeness (QED) is 0.693. The predicted octanol–water partition coefficient (Wildman–Crippen LogP) is 3.87. The monoisotopic (exact) mass is 259 g/mol. The number of carbonyl (C=O) groups is 1. The Morgan fingerprint density at radius 1 is 1.16 bits per heavy atom. The van der Waals surface area contributed by atoms with E-state index in [1.807, 2.05) is 12.1 Å². The standard InChI is InChI=1S/C17H25NO/c1-3-18(4-2)13-12-17(19)16-10-8-15(9-11-16)14-6-5-7-14/h8-11,14H,3-7,12-13H2,1-2H3. The zero-order chi connectivity index (χ0) is 13.7. The molecule has 19 heavy (non-hydrogen) atoms. The van der Waals surface area contributed by atoms with Crippen LogP contribution >= 0.6 is 0 Å². The van der Waals surface area contributed by atoms with E-state index in [-0.39, 0.29) is 5.78 Å². The highest BCUT2D eigenvalue weighted by Gasteiger charge is 2.19. The summed E-state index contributed by atoms with van der Waals surface area (Å²) in [5, 5.41) is 0. The van der Waals surface area contributed by atoms with Gasteiger partial charge in [-0.25, -0.2) is 0 Å². The van der Waals surface area contributed by atoms with E-state index in [0.29, 0.717) is 6.42 Å². The summed E-state index contributed by atoms with van der Waals surface area (Å²) in [7, 11) is 0. The van der Waals surface area contributed by atoms with Crippen LogP contribution in [0.1, 0.15) is 61.4 Å². The van der Waals surface area contributed by atoms with Gasteiger partial charge in [0, 0.05) is 18.5 Å². The number of hydrogen-bond acceptors (Lipinski definition) is 2. The Kier molecular flexibility index (Phi) is 5.15. The van der Waals surface area contributed by atoms with Crippen LogP contribution < -0.4 is 0 Å². The number of hydrogen-bond donors (Lipinski definition) is 0. The second-order valence-corrected chi connectivity index (χ2v) is 5.45. The molecule has 2 rings (SSSR count). The molecule has 1 aliphatic carbocycles. The van der Waals surface area contributed by atoms with Crippen molar-refractivity contribution >= 4 is 5.78 Å². The first kappa shape index (κ1) is 14.3. The molecule has 0 unspecified atom stereocenters. The molecule has 1 saturated carbocycles. The Bertz CT molecular complexity index is 402. The first-order valence-corrected chi connectivity index (χ1v) is 7.60. The maximum atomic E-state index is 12.1. The van der Waals surface area contributed by atoms with Gasteiger partial charge in [-0.1, -0.05) is 44.5 Å². The zero-order valence-electron chi connectivity index (χ0n) is 12.2. The molecular weight excluding hydrogens is 234 g/mol. The summed E-state index contributed by atoms with van der Waals surface area (Å²) in [6.07, 6.45) is 4.62. The van der Waals surface area contributed by atoms with E-state index >= 15 is 0 Å². The number of ketones is 1. The molecule has 0 N–H and O–H groups in total. The lowest BCUT2D eigenvalue weighted by molar-refractivity contribution is 0.0966. The van der Waals surface area contributed by atoms with Gasteiger partial charge in [0.15, 0.2) is 5.78 Å². The minimum atomic E-state index is 0.270. The lowest BCUT2D eigenvalue weighted by atomic mass is 9.80. The fraction of sp³-hybridized carbons (Fsp3) is 0.588. The van der Waals surface area contributed by atoms with E-state index in [1.54, 1.807) is 0 Å². The Balaban J connectivity index is 1.88. The van der Waals surface area contributed by atoms with Crippen LogP contribution in [0.25, 0.3) is 0 Å². The molecule has 2 heteroatoms. The molecule has 104 valence electrons. The second kappa shape index (κ2) is 6.85. The van der Waals surface area contributed by atoms with Crippen LogP contribution in [0.2, 0.25) is 0 Å². The van der Waals surface area contributed by atoms with Crippen molar-refractivity contribution in [1.82, 2.24) is 4.90 Å². The van der Waals surface area contributed by atoms with Crippen LogP contribution in [-0.2, 0) is 0 Å². The maximum Gasteiger partial charge on any atom is 0.164 e. The third-order valence-corrected chi connectivity index (χ3v) is 4.36. The van der Waals surface area contributed by atoms with Crippen molar-refractivity contribution in [3.05, 3.63) is 35.4 Å². The minimum Gasteiger partial charge on any atom is -0.303 e. The van der Waals surface area contributed by atoms with E-state index in [0.717, 1.165) is 31.1 Å². The van der Waals surface area contributed by atoms with Crippen molar-refractivity contribution < 1.29 is 4.79 Å². The molecule has 0 aliphatic heterocycles. The molecule has 0 heterocycles. The van der Waals surface area contributed by atoms with Gasteiger partial charge in [-0.15, -0.1) is 0 Å². The number of Topliss-reactive ketones (excluding diaryl/α,β-unsaturated/α-hetero) is 1. The van der Waals surface area contributed by atoms with Crippen molar-refractivity contribution in [3.8, 4) is 0 Å². The first-order chi connectivity index (χ1) is 9.24. The molecular formula is C17H25NO. The molecule has 1 aliphatic rings. The summed E-state index contributed by atoms with van der Waals surface area (Å²) in [5.74, 6) is 1.02. The van der Waals surface area contributed by atoms with Gasteiger partial charge in [-0.05, 0) is 37.4 Å². The third-order valence-electron chi connectivity index (χ3n) is 4.36. The van der Waals surface area contributed by atoms with Crippen LogP contribution in [0.4, 0.5) is 0 Å². The minimum absolute atomic E-state index is 0.270. The highest BCUT2D eigenvalue weighted by molar-refractivity contribution is 5.96. The smallest absolute Gasteiger partial charge is 0.164 e. The number of rotatable bonds is 7.